The lowest BCUT2D eigenvalue weighted by Crippen LogP contribution is -2.31. The second-order valence-electron chi connectivity index (χ2n) is 6.59. The summed E-state index contributed by atoms with van der Waals surface area (Å²) >= 11 is 6.10. The summed E-state index contributed by atoms with van der Waals surface area (Å²) in [5, 5.41) is 12.2. The Hall–Kier alpha value is -2.58. The second kappa shape index (κ2) is 6.30. The first kappa shape index (κ1) is 16.9. The molecule has 0 amide bonds. The van der Waals surface area contributed by atoms with Crippen molar-refractivity contribution in [3.63, 3.8) is 0 Å². The van der Waals surface area contributed by atoms with Crippen molar-refractivity contribution in [1.82, 2.24) is 19.7 Å². The highest BCUT2D eigenvalue weighted by atomic mass is 35.5. The van der Waals surface area contributed by atoms with Gasteiger partial charge in [0, 0.05) is 30.9 Å². The molecule has 0 unspecified atom stereocenters. The molecule has 1 aliphatic carbocycles. The molecule has 0 radical (unpaired) electrons. The molecule has 8 nitrogen and oxygen atoms in total. The minimum atomic E-state index is -0.137. The maximum Gasteiger partial charge on any atom is 0.226 e. The predicted molar refractivity (Wildman–Crippen MR) is 102 cm³/mol. The van der Waals surface area contributed by atoms with Crippen molar-refractivity contribution < 1.29 is 4.74 Å². The van der Waals surface area contributed by atoms with E-state index in [-0.39, 0.29) is 5.54 Å². The summed E-state index contributed by atoms with van der Waals surface area (Å²) < 4.78 is 6.99. The monoisotopic (exact) mass is 373 g/mol. The fourth-order valence-electron chi connectivity index (χ4n) is 2.66. The molecule has 0 spiro atoms. The normalized spacial score (nSPS) is 15.1. The zero-order chi connectivity index (χ0) is 18.3. The number of nitrogens with one attached hydrogen (secondary N) is 2. The summed E-state index contributed by atoms with van der Waals surface area (Å²) in [6.07, 6.45) is 3.77. The van der Waals surface area contributed by atoms with E-state index in [0.29, 0.717) is 29.1 Å². The van der Waals surface area contributed by atoms with Crippen molar-refractivity contribution in [2.75, 3.05) is 24.3 Å². The lowest BCUT2D eigenvalue weighted by molar-refractivity contribution is 0.415. The summed E-state index contributed by atoms with van der Waals surface area (Å²) in [7, 11) is 3.43. The fourth-order valence-corrected chi connectivity index (χ4v) is 2.86. The standard InChI is InChI=1S/C17H20ClN7O/c1-25-15-11(8-21-25)14(22-10-3-4-12(18)13(7-10)26-2)23-16(24-15)20-9-17(19)5-6-17/h3-4,7-8H,5-6,9,19H2,1-2H3,(H2,20,22,23,24). The van der Waals surface area contributed by atoms with E-state index in [9.17, 15) is 0 Å². The number of nitrogens with zero attached hydrogens (tertiary/aromatic N) is 4. The van der Waals surface area contributed by atoms with Gasteiger partial charge in [-0.15, -0.1) is 0 Å². The van der Waals surface area contributed by atoms with Crippen LogP contribution in [0.15, 0.2) is 24.4 Å². The smallest absolute Gasteiger partial charge is 0.226 e. The van der Waals surface area contributed by atoms with Gasteiger partial charge in [0.05, 0.1) is 23.7 Å². The number of aromatic nitrogens is 4. The largest absolute Gasteiger partial charge is 0.495 e. The number of nitrogens with two attached hydrogens (primary N) is 1. The van der Waals surface area contributed by atoms with Crippen LogP contribution in [0.25, 0.3) is 11.0 Å². The number of fused-ring (bicyclic) bond motifs is 1. The van der Waals surface area contributed by atoms with E-state index >= 15 is 0 Å². The van der Waals surface area contributed by atoms with Crippen molar-refractivity contribution in [1.29, 1.82) is 0 Å². The molecule has 2 heterocycles. The highest BCUT2D eigenvalue weighted by Crippen LogP contribution is 2.33. The number of anilines is 3. The van der Waals surface area contributed by atoms with Gasteiger partial charge in [-0.3, -0.25) is 4.68 Å². The molecule has 0 aliphatic heterocycles. The zero-order valence-electron chi connectivity index (χ0n) is 14.6. The van der Waals surface area contributed by atoms with Crippen LogP contribution in [0, 0.1) is 0 Å². The van der Waals surface area contributed by atoms with E-state index in [1.54, 1.807) is 24.1 Å². The van der Waals surface area contributed by atoms with Crippen LogP contribution in [0.4, 0.5) is 17.5 Å². The van der Waals surface area contributed by atoms with Crippen LogP contribution in [-0.2, 0) is 7.05 Å². The number of aryl methyl sites for hydroxylation is 1. The highest BCUT2D eigenvalue weighted by Gasteiger charge is 2.38. The molecule has 0 bridgehead atoms. The lowest BCUT2D eigenvalue weighted by Gasteiger charge is -2.13. The van der Waals surface area contributed by atoms with Crippen molar-refractivity contribution in [3.05, 3.63) is 29.4 Å². The minimum Gasteiger partial charge on any atom is -0.495 e. The number of hydrogen-bond donors (Lipinski definition) is 3. The maximum atomic E-state index is 6.15. The van der Waals surface area contributed by atoms with Gasteiger partial charge in [0.1, 0.15) is 11.6 Å². The number of hydrogen-bond acceptors (Lipinski definition) is 7. The molecule has 0 saturated heterocycles. The third-order valence-electron chi connectivity index (χ3n) is 4.50. The molecule has 1 fully saturated rings. The summed E-state index contributed by atoms with van der Waals surface area (Å²) in [4.78, 5) is 9.15. The maximum absolute atomic E-state index is 6.15. The minimum absolute atomic E-state index is 0.137. The molecular formula is C17H20ClN7O. The third kappa shape index (κ3) is 3.25. The van der Waals surface area contributed by atoms with Crippen LogP contribution in [0.5, 0.6) is 5.75 Å². The number of benzene rings is 1. The lowest BCUT2D eigenvalue weighted by atomic mass is 10.3. The van der Waals surface area contributed by atoms with E-state index in [1.165, 1.54) is 0 Å². The molecule has 1 aliphatic rings. The van der Waals surface area contributed by atoms with E-state index in [4.69, 9.17) is 22.1 Å². The van der Waals surface area contributed by atoms with Gasteiger partial charge in [-0.05, 0) is 25.0 Å². The van der Waals surface area contributed by atoms with Gasteiger partial charge in [0.15, 0.2) is 5.65 Å². The van der Waals surface area contributed by atoms with E-state index in [1.807, 2.05) is 19.2 Å². The summed E-state index contributed by atoms with van der Waals surface area (Å²) in [5.41, 5.74) is 7.54. The van der Waals surface area contributed by atoms with Crippen LogP contribution >= 0.6 is 11.6 Å². The van der Waals surface area contributed by atoms with Gasteiger partial charge >= 0.3 is 0 Å². The van der Waals surface area contributed by atoms with Gasteiger partial charge in [0.25, 0.3) is 0 Å². The Balaban J connectivity index is 1.68. The molecule has 0 atom stereocenters. The molecular weight excluding hydrogens is 354 g/mol. The average Bonchev–Trinajstić information content (AvgIpc) is 3.26. The first-order valence-corrected chi connectivity index (χ1v) is 8.68. The molecule has 1 aromatic carbocycles. The van der Waals surface area contributed by atoms with Crippen LogP contribution in [0.1, 0.15) is 12.8 Å². The Kier molecular flexibility index (Phi) is 4.08. The Bertz CT molecular complexity index is 967. The van der Waals surface area contributed by atoms with Crippen molar-refractivity contribution in [2.45, 2.75) is 18.4 Å². The van der Waals surface area contributed by atoms with Crippen molar-refractivity contribution >= 4 is 40.1 Å². The molecule has 4 N–H and O–H groups in total. The molecule has 9 heteroatoms. The molecule has 3 aromatic rings. The Morgan fingerprint density at radius 2 is 2.15 bits per heavy atom. The SMILES string of the molecule is COc1cc(Nc2nc(NCC3(N)CC3)nc3c2cnn3C)ccc1Cl. The average molecular weight is 374 g/mol. The molecule has 2 aromatic heterocycles. The Morgan fingerprint density at radius 1 is 1.35 bits per heavy atom. The summed E-state index contributed by atoms with van der Waals surface area (Å²) in [5.74, 6) is 1.75. The molecule has 4 rings (SSSR count). The topological polar surface area (TPSA) is 103 Å². The Morgan fingerprint density at radius 3 is 2.88 bits per heavy atom. The number of ether oxygens (including phenoxy) is 1. The first-order valence-electron chi connectivity index (χ1n) is 8.30. The second-order valence-corrected chi connectivity index (χ2v) is 7.00. The van der Waals surface area contributed by atoms with Crippen LogP contribution in [0.3, 0.4) is 0 Å². The Labute approximate surface area is 155 Å². The van der Waals surface area contributed by atoms with E-state index in [0.717, 1.165) is 29.6 Å². The third-order valence-corrected chi connectivity index (χ3v) is 4.81. The van der Waals surface area contributed by atoms with Crippen LogP contribution in [0.2, 0.25) is 5.02 Å². The number of halogens is 1. The van der Waals surface area contributed by atoms with Gasteiger partial charge in [-0.2, -0.15) is 15.1 Å². The van der Waals surface area contributed by atoms with Crippen LogP contribution in [-0.4, -0.2) is 38.9 Å². The highest BCUT2D eigenvalue weighted by molar-refractivity contribution is 6.32. The quantitative estimate of drug-likeness (QED) is 0.610. The molecule has 1 saturated carbocycles. The number of rotatable bonds is 6. The summed E-state index contributed by atoms with van der Waals surface area (Å²) in [6.45, 7) is 0.643. The van der Waals surface area contributed by atoms with E-state index in [2.05, 4.69) is 25.7 Å². The van der Waals surface area contributed by atoms with Gasteiger partial charge in [-0.1, -0.05) is 11.6 Å². The predicted octanol–water partition coefficient (Wildman–Crippen LogP) is 2.67. The fraction of sp³-hybridized carbons (Fsp3) is 0.353. The van der Waals surface area contributed by atoms with Crippen molar-refractivity contribution in [2.24, 2.45) is 12.8 Å². The zero-order valence-corrected chi connectivity index (χ0v) is 15.3. The number of methoxy groups -OCH3 is 1. The van der Waals surface area contributed by atoms with Gasteiger partial charge in [-0.25, -0.2) is 0 Å². The first-order chi connectivity index (χ1) is 12.5. The van der Waals surface area contributed by atoms with Crippen molar-refractivity contribution in [3.8, 4) is 5.75 Å². The van der Waals surface area contributed by atoms with E-state index < -0.39 is 0 Å². The van der Waals surface area contributed by atoms with Crippen LogP contribution < -0.4 is 21.1 Å². The van der Waals surface area contributed by atoms with Gasteiger partial charge < -0.3 is 21.1 Å². The molecule has 136 valence electrons. The summed E-state index contributed by atoms with van der Waals surface area (Å²) in [6, 6.07) is 5.45. The van der Waals surface area contributed by atoms with Gasteiger partial charge in [0.2, 0.25) is 5.95 Å². The molecule has 26 heavy (non-hydrogen) atoms.